The second kappa shape index (κ2) is 8.26. The van der Waals surface area contributed by atoms with E-state index < -0.39 is 0 Å². The number of hydrogen-bond donors (Lipinski definition) is 1. The third-order valence-electron chi connectivity index (χ3n) is 3.12. The maximum atomic E-state index is 11.8. The Kier molecular flexibility index (Phi) is 6.36. The molecule has 0 saturated carbocycles. The Morgan fingerprint density at radius 2 is 2.17 bits per heavy atom. The number of ether oxygens (including phenoxy) is 1. The Balaban J connectivity index is 1.89. The summed E-state index contributed by atoms with van der Waals surface area (Å²) in [6.07, 6.45) is 1.61. The van der Waals surface area contributed by atoms with Crippen LogP contribution in [0.4, 0.5) is 0 Å². The molecule has 0 bridgehead atoms. The summed E-state index contributed by atoms with van der Waals surface area (Å²) in [6.45, 7) is 6.14. The van der Waals surface area contributed by atoms with Crippen LogP contribution in [0.3, 0.4) is 0 Å². The minimum atomic E-state index is -0.284. The molecule has 2 aromatic rings. The molecule has 0 radical (unpaired) electrons. The van der Waals surface area contributed by atoms with Crippen molar-refractivity contribution in [3.63, 3.8) is 0 Å². The van der Waals surface area contributed by atoms with Gasteiger partial charge in [-0.25, -0.2) is 5.43 Å². The molecule has 1 N–H and O–H groups in total. The van der Waals surface area contributed by atoms with Crippen LogP contribution in [0.1, 0.15) is 35.8 Å². The highest BCUT2D eigenvalue weighted by Crippen LogP contribution is 2.27. The summed E-state index contributed by atoms with van der Waals surface area (Å²) in [7, 11) is 0. The van der Waals surface area contributed by atoms with Gasteiger partial charge in [-0.3, -0.25) is 4.79 Å². The van der Waals surface area contributed by atoms with E-state index in [1.165, 1.54) is 0 Å². The topological polar surface area (TPSA) is 50.7 Å². The first-order valence-corrected chi connectivity index (χ1v) is 8.87. The summed E-state index contributed by atoms with van der Waals surface area (Å²) in [6, 6.07) is 9.89. The summed E-state index contributed by atoms with van der Waals surface area (Å²) < 4.78 is 6.68. The van der Waals surface area contributed by atoms with E-state index in [0.29, 0.717) is 5.92 Å². The first-order chi connectivity index (χ1) is 11.0. The molecule has 1 aromatic heterocycles. The van der Waals surface area contributed by atoms with Crippen molar-refractivity contribution >= 4 is 39.4 Å². The van der Waals surface area contributed by atoms with Crippen molar-refractivity contribution in [3.8, 4) is 5.75 Å². The van der Waals surface area contributed by atoms with E-state index in [0.717, 1.165) is 25.5 Å². The molecule has 0 unspecified atom stereocenters. The molecule has 2 rings (SSSR count). The third-order valence-corrected chi connectivity index (χ3v) is 4.68. The third kappa shape index (κ3) is 5.48. The molecule has 1 heterocycles. The van der Waals surface area contributed by atoms with Crippen LogP contribution in [0.25, 0.3) is 0 Å². The number of hydrazone groups is 1. The largest absolute Gasteiger partial charge is 0.483 e. The van der Waals surface area contributed by atoms with Gasteiger partial charge < -0.3 is 4.74 Å². The lowest BCUT2D eigenvalue weighted by molar-refractivity contribution is -0.123. The predicted octanol–water partition coefficient (Wildman–Crippen LogP) is 4.47. The van der Waals surface area contributed by atoms with Gasteiger partial charge in [-0.1, -0.05) is 26.0 Å². The average molecular weight is 395 g/mol. The first kappa shape index (κ1) is 17.7. The fourth-order valence-corrected chi connectivity index (χ4v) is 3.28. The number of hydrogen-bond acceptors (Lipinski definition) is 4. The summed E-state index contributed by atoms with van der Waals surface area (Å²) >= 11 is 4.92. The smallest absolute Gasteiger partial charge is 0.277 e. The van der Waals surface area contributed by atoms with Gasteiger partial charge in [0.25, 0.3) is 5.91 Å². The van der Waals surface area contributed by atoms with Gasteiger partial charge >= 0.3 is 0 Å². The predicted molar refractivity (Wildman–Crippen MR) is 98.5 cm³/mol. The number of carbonyl (C=O) groups excluding carboxylic acids is 1. The van der Waals surface area contributed by atoms with Crippen LogP contribution in [-0.4, -0.2) is 18.7 Å². The van der Waals surface area contributed by atoms with E-state index in [4.69, 9.17) is 4.74 Å². The highest BCUT2D eigenvalue weighted by atomic mass is 79.9. The van der Waals surface area contributed by atoms with Crippen molar-refractivity contribution in [1.29, 1.82) is 0 Å². The number of nitrogens with one attached hydrogen (secondary N) is 1. The van der Waals surface area contributed by atoms with Crippen molar-refractivity contribution in [2.75, 3.05) is 6.61 Å². The van der Waals surface area contributed by atoms with Gasteiger partial charge in [0, 0.05) is 4.88 Å². The molecule has 0 saturated heterocycles. The lowest BCUT2D eigenvalue weighted by Crippen LogP contribution is -2.24. The second-order valence-corrected chi connectivity index (χ2v) is 7.91. The van der Waals surface area contributed by atoms with Crippen molar-refractivity contribution in [1.82, 2.24) is 5.43 Å². The number of benzene rings is 1. The van der Waals surface area contributed by atoms with Gasteiger partial charge in [0.05, 0.1) is 10.0 Å². The molecule has 1 amide bonds. The molecule has 0 fully saturated rings. The maximum absolute atomic E-state index is 11.8. The summed E-state index contributed by atoms with van der Waals surface area (Å²) in [5.74, 6) is 0.804. The Hall–Kier alpha value is -1.66. The summed E-state index contributed by atoms with van der Waals surface area (Å²) in [5, 5.41) is 3.93. The number of carbonyl (C=O) groups is 1. The molecule has 0 atom stereocenters. The molecule has 23 heavy (non-hydrogen) atoms. The van der Waals surface area contributed by atoms with Gasteiger partial charge in [-0.05, 0) is 58.1 Å². The lowest BCUT2D eigenvalue weighted by atomic mass is 10.0. The van der Waals surface area contributed by atoms with E-state index in [2.05, 4.69) is 40.3 Å². The molecular weight excluding hydrogens is 376 g/mol. The number of aryl methyl sites for hydroxylation is 1. The Labute approximate surface area is 148 Å². The SMILES string of the molecule is Cc1ccc(C(C)C)c(OCC(=O)N/N=C/c2ccc(Br)s2)c1. The molecule has 4 nitrogen and oxygen atoms in total. The standard InChI is InChI=1S/C17H19BrN2O2S/c1-11(2)14-6-4-12(3)8-15(14)22-10-17(21)20-19-9-13-5-7-16(18)23-13/h4-9,11H,10H2,1-3H3,(H,20,21)/b19-9+. The Bertz CT molecular complexity index is 710. The molecule has 0 spiro atoms. The molecule has 6 heteroatoms. The van der Waals surface area contributed by atoms with Gasteiger partial charge in [-0.15, -0.1) is 11.3 Å². The lowest BCUT2D eigenvalue weighted by Gasteiger charge is -2.14. The Morgan fingerprint density at radius 3 is 2.83 bits per heavy atom. The highest BCUT2D eigenvalue weighted by Gasteiger charge is 2.10. The van der Waals surface area contributed by atoms with Crippen molar-refractivity contribution in [2.45, 2.75) is 26.7 Å². The summed E-state index contributed by atoms with van der Waals surface area (Å²) in [4.78, 5) is 12.8. The zero-order valence-electron chi connectivity index (χ0n) is 13.3. The van der Waals surface area contributed by atoms with Crippen LogP contribution < -0.4 is 10.2 Å². The number of rotatable bonds is 6. The molecule has 0 aliphatic rings. The molecular formula is C17H19BrN2O2S. The van der Waals surface area contributed by atoms with Crippen molar-refractivity contribution < 1.29 is 9.53 Å². The van der Waals surface area contributed by atoms with Crippen LogP contribution in [0.15, 0.2) is 39.2 Å². The van der Waals surface area contributed by atoms with Crippen LogP contribution in [0.2, 0.25) is 0 Å². The molecule has 0 aliphatic carbocycles. The number of halogens is 1. The van der Waals surface area contributed by atoms with Crippen LogP contribution in [0.5, 0.6) is 5.75 Å². The van der Waals surface area contributed by atoms with E-state index in [1.54, 1.807) is 17.6 Å². The second-order valence-electron chi connectivity index (χ2n) is 5.42. The first-order valence-electron chi connectivity index (χ1n) is 7.26. The van der Waals surface area contributed by atoms with Crippen LogP contribution >= 0.6 is 27.3 Å². The van der Waals surface area contributed by atoms with Gasteiger partial charge in [0.2, 0.25) is 0 Å². The van der Waals surface area contributed by atoms with E-state index in [-0.39, 0.29) is 12.5 Å². The fourth-order valence-electron chi connectivity index (χ4n) is 1.98. The Morgan fingerprint density at radius 1 is 1.39 bits per heavy atom. The molecule has 0 aliphatic heterocycles. The molecule has 1 aromatic carbocycles. The minimum Gasteiger partial charge on any atom is -0.483 e. The van der Waals surface area contributed by atoms with Crippen LogP contribution in [-0.2, 0) is 4.79 Å². The number of amides is 1. The zero-order chi connectivity index (χ0) is 16.8. The average Bonchev–Trinajstić information content (AvgIpc) is 2.90. The van der Waals surface area contributed by atoms with Crippen molar-refractivity contribution in [3.05, 3.63) is 50.1 Å². The number of thiophene rings is 1. The van der Waals surface area contributed by atoms with Gasteiger partial charge in [-0.2, -0.15) is 5.10 Å². The van der Waals surface area contributed by atoms with Gasteiger partial charge in [0.15, 0.2) is 6.61 Å². The fraction of sp³-hybridized carbons (Fsp3) is 0.294. The normalized spacial score (nSPS) is 11.2. The number of nitrogens with zero attached hydrogens (tertiary/aromatic N) is 1. The minimum absolute atomic E-state index is 0.0609. The van der Waals surface area contributed by atoms with Crippen LogP contribution in [0, 0.1) is 6.92 Å². The maximum Gasteiger partial charge on any atom is 0.277 e. The van der Waals surface area contributed by atoms with Gasteiger partial charge in [0.1, 0.15) is 5.75 Å². The van der Waals surface area contributed by atoms with E-state index in [1.807, 2.05) is 37.3 Å². The van der Waals surface area contributed by atoms with Crippen molar-refractivity contribution in [2.24, 2.45) is 5.10 Å². The van der Waals surface area contributed by atoms with E-state index >= 15 is 0 Å². The zero-order valence-corrected chi connectivity index (χ0v) is 15.7. The highest BCUT2D eigenvalue weighted by molar-refractivity contribution is 9.11. The van der Waals surface area contributed by atoms with E-state index in [9.17, 15) is 4.79 Å². The monoisotopic (exact) mass is 394 g/mol. The molecule has 122 valence electrons. The quantitative estimate of drug-likeness (QED) is 0.580. The summed E-state index contributed by atoms with van der Waals surface area (Å²) in [5.41, 5.74) is 4.67.